The van der Waals surface area contributed by atoms with Gasteiger partial charge in [0, 0.05) is 32.2 Å². The number of amides is 1. The third-order valence-electron chi connectivity index (χ3n) is 3.84. The largest absolute Gasteiger partial charge is 0.344 e. The van der Waals surface area contributed by atoms with Crippen molar-refractivity contribution in [1.29, 1.82) is 0 Å². The number of hydrogen-bond donors (Lipinski definition) is 0. The molecule has 0 bridgehead atoms. The summed E-state index contributed by atoms with van der Waals surface area (Å²) in [5.41, 5.74) is 2.86. The predicted molar refractivity (Wildman–Crippen MR) is 79.5 cm³/mol. The smallest absolute Gasteiger partial charge is 0.270 e. The highest BCUT2D eigenvalue weighted by Gasteiger charge is 2.23. The predicted octanol–water partition coefficient (Wildman–Crippen LogP) is 2.95. The zero-order chi connectivity index (χ0) is 14.7. The third kappa shape index (κ3) is 2.59. The molecule has 0 saturated carbocycles. The van der Waals surface area contributed by atoms with Crippen LogP contribution in [0.5, 0.6) is 0 Å². The van der Waals surface area contributed by atoms with Crippen LogP contribution in [-0.2, 0) is 7.05 Å². The van der Waals surface area contributed by atoms with E-state index in [2.05, 4.69) is 11.9 Å². The third-order valence-corrected chi connectivity index (χ3v) is 3.84. The molecule has 4 heteroatoms. The van der Waals surface area contributed by atoms with Gasteiger partial charge in [-0.1, -0.05) is 13.0 Å². The Balaban J connectivity index is 2.27. The van der Waals surface area contributed by atoms with Gasteiger partial charge in [-0.15, -0.1) is 0 Å². The number of hydrogen-bond acceptors (Lipinski definition) is 2. The van der Waals surface area contributed by atoms with E-state index in [9.17, 15) is 4.79 Å². The van der Waals surface area contributed by atoms with Gasteiger partial charge in [-0.05, 0) is 37.1 Å². The van der Waals surface area contributed by atoms with Crippen LogP contribution in [0.15, 0.2) is 36.7 Å². The van der Waals surface area contributed by atoms with E-state index < -0.39 is 0 Å². The molecule has 0 saturated heterocycles. The summed E-state index contributed by atoms with van der Waals surface area (Å²) in [6, 6.07) is 7.81. The standard InChI is InChI=1S/C16H21N3O/c1-5-14(13-7-6-10-17-11-13)19(4)16(20)15-9-8-12(2)18(15)3/h6-11,14H,5H2,1-4H3. The number of carbonyl (C=O) groups is 1. The fraction of sp³-hybridized carbons (Fsp3) is 0.375. The van der Waals surface area contributed by atoms with Crippen LogP contribution in [0.4, 0.5) is 0 Å². The molecule has 2 heterocycles. The van der Waals surface area contributed by atoms with Crippen LogP contribution in [0.25, 0.3) is 0 Å². The maximum absolute atomic E-state index is 12.6. The Bertz CT molecular complexity index is 589. The molecule has 106 valence electrons. The quantitative estimate of drug-likeness (QED) is 0.857. The molecule has 2 rings (SSSR count). The summed E-state index contributed by atoms with van der Waals surface area (Å²) in [7, 11) is 3.77. The van der Waals surface area contributed by atoms with Gasteiger partial charge in [0.1, 0.15) is 5.69 Å². The molecule has 20 heavy (non-hydrogen) atoms. The maximum Gasteiger partial charge on any atom is 0.270 e. The number of aromatic nitrogens is 2. The lowest BCUT2D eigenvalue weighted by Crippen LogP contribution is -2.32. The minimum absolute atomic E-state index is 0.0382. The molecule has 0 aromatic carbocycles. The van der Waals surface area contributed by atoms with Crippen molar-refractivity contribution in [2.24, 2.45) is 7.05 Å². The molecular weight excluding hydrogens is 250 g/mol. The summed E-state index contributed by atoms with van der Waals surface area (Å²) in [6.45, 7) is 4.08. The van der Waals surface area contributed by atoms with E-state index in [1.807, 2.05) is 56.0 Å². The van der Waals surface area contributed by atoms with Gasteiger partial charge in [0.05, 0.1) is 6.04 Å². The Labute approximate surface area is 120 Å². The number of aryl methyl sites for hydroxylation is 1. The van der Waals surface area contributed by atoms with Crippen LogP contribution in [0, 0.1) is 6.92 Å². The summed E-state index contributed by atoms with van der Waals surface area (Å²) in [4.78, 5) is 18.6. The molecule has 0 spiro atoms. The van der Waals surface area contributed by atoms with E-state index >= 15 is 0 Å². The van der Waals surface area contributed by atoms with Crippen LogP contribution in [0.2, 0.25) is 0 Å². The minimum Gasteiger partial charge on any atom is -0.344 e. The normalized spacial score (nSPS) is 12.2. The van der Waals surface area contributed by atoms with Crippen molar-refractivity contribution in [2.45, 2.75) is 26.3 Å². The van der Waals surface area contributed by atoms with E-state index in [1.54, 1.807) is 11.1 Å². The first kappa shape index (κ1) is 14.3. The van der Waals surface area contributed by atoms with Crippen LogP contribution < -0.4 is 0 Å². The van der Waals surface area contributed by atoms with Crippen LogP contribution in [0.1, 0.15) is 41.1 Å². The van der Waals surface area contributed by atoms with Crippen LogP contribution >= 0.6 is 0 Å². The summed E-state index contributed by atoms with van der Waals surface area (Å²) < 4.78 is 1.93. The fourth-order valence-corrected chi connectivity index (χ4v) is 2.46. The van der Waals surface area contributed by atoms with Crippen LogP contribution in [-0.4, -0.2) is 27.4 Å². The Morgan fingerprint density at radius 2 is 2.15 bits per heavy atom. The molecule has 0 aliphatic rings. The highest BCUT2D eigenvalue weighted by atomic mass is 16.2. The highest BCUT2D eigenvalue weighted by molar-refractivity contribution is 5.93. The maximum atomic E-state index is 12.6. The molecule has 4 nitrogen and oxygen atoms in total. The molecule has 1 amide bonds. The lowest BCUT2D eigenvalue weighted by Gasteiger charge is -2.27. The molecule has 0 N–H and O–H groups in total. The fourth-order valence-electron chi connectivity index (χ4n) is 2.46. The second kappa shape index (κ2) is 5.90. The lowest BCUT2D eigenvalue weighted by molar-refractivity contribution is 0.0716. The summed E-state index contributed by atoms with van der Waals surface area (Å²) in [6.07, 6.45) is 4.43. The molecule has 1 unspecified atom stereocenters. The highest BCUT2D eigenvalue weighted by Crippen LogP contribution is 2.24. The molecule has 2 aromatic rings. The summed E-state index contributed by atoms with van der Waals surface area (Å²) >= 11 is 0. The van der Waals surface area contributed by atoms with E-state index in [0.717, 1.165) is 17.7 Å². The SMILES string of the molecule is CCC(c1cccnc1)N(C)C(=O)c1ccc(C)n1C. The van der Waals surface area contributed by atoms with Crippen molar-refractivity contribution in [1.82, 2.24) is 14.5 Å². The van der Waals surface area contributed by atoms with Gasteiger partial charge in [-0.2, -0.15) is 0 Å². The lowest BCUT2D eigenvalue weighted by atomic mass is 10.1. The van der Waals surface area contributed by atoms with Gasteiger partial charge < -0.3 is 9.47 Å². The first-order valence-electron chi connectivity index (χ1n) is 6.85. The zero-order valence-electron chi connectivity index (χ0n) is 12.5. The summed E-state index contributed by atoms with van der Waals surface area (Å²) in [5, 5.41) is 0. The van der Waals surface area contributed by atoms with Crippen molar-refractivity contribution in [3.05, 3.63) is 53.6 Å². The second-order valence-electron chi connectivity index (χ2n) is 5.05. The van der Waals surface area contributed by atoms with E-state index in [0.29, 0.717) is 5.69 Å². The van der Waals surface area contributed by atoms with Crippen molar-refractivity contribution in [3.63, 3.8) is 0 Å². The van der Waals surface area contributed by atoms with Crippen LogP contribution in [0.3, 0.4) is 0 Å². The Hall–Kier alpha value is -2.10. The zero-order valence-corrected chi connectivity index (χ0v) is 12.5. The van der Waals surface area contributed by atoms with Gasteiger partial charge >= 0.3 is 0 Å². The number of carbonyl (C=O) groups excluding carboxylic acids is 1. The van der Waals surface area contributed by atoms with Gasteiger partial charge in [-0.25, -0.2) is 0 Å². The number of nitrogens with zero attached hydrogens (tertiary/aromatic N) is 3. The van der Waals surface area contributed by atoms with Crippen molar-refractivity contribution >= 4 is 5.91 Å². The summed E-state index contributed by atoms with van der Waals surface area (Å²) in [5.74, 6) is 0.0382. The van der Waals surface area contributed by atoms with Gasteiger partial charge in [0.25, 0.3) is 5.91 Å². The average molecular weight is 271 g/mol. The Kier molecular flexibility index (Phi) is 4.23. The molecule has 0 aliphatic carbocycles. The molecule has 0 radical (unpaired) electrons. The molecule has 0 fully saturated rings. The molecule has 1 atom stereocenters. The van der Waals surface area contributed by atoms with Gasteiger partial charge in [-0.3, -0.25) is 9.78 Å². The van der Waals surface area contributed by atoms with E-state index in [4.69, 9.17) is 0 Å². The second-order valence-corrected chi connectivity index (χ2v) is 5.05. The number of rotatable bonds is 4. The minimum atomic E-state index is 0.0382. The Morgan fingerprint density at radius 1 is 1.40 bits per heavy atom. The van der Waals surface area contributed by atoms with Crippen molar-refractivity contribution < 1.29 is 4.79 Å². The van der Waals surface area contributed by atoms with E-state index in [-0.39, 0.29) is 11.9 Å². The topological polar surface area (TPSA) is 38.1 Å². The monoisotopic (exact) mass is 271 g/mol. The molecular formula is C16H21N3O. The van der Waals surface area contributed by atoms with Crippen molar-refractivity contribution in [3.8, 4) is 0 Å². The van der Waals surface area contributed by atoms with Crippen molar-refractivity contribution in [2.75, 3.05) is 7.05 Å². The van der Waals surface area contributed by atoms with Gasteiger partial charge in [0.2, 0.25) is 0 Å². The van der Waals surface area contributed by atoms with Gasteiger partial charge in [0.15, 0.2) is 0 Å². The molecule has 2 aromatic heterocycles. The Morgan fingerprint density at radius 3 is 2.65 bits per heavy atom. The first-order chi connectivity index (χ1) is 9.56. The number of pyridine rings is 1. The average Bonchev–Trinajstić information content (AvgIpc) is 2.80. The first-order valence-corrected chi connectivity index (χ1v) is 6.85. The van der Waals surface area contributed by atoms with E-state index in [1.165, 1.54) is 0 Å². The molecule has 0 aliphatic heterocycles.